The van der Waals surface area contributed by atoms with Gasteiger partial charge in [-0.3, -0.25) is 9.59 Å². The maximum absolute atomic E-state index is 12.6. The first-order valence-electron chi connectivity index (χ1n) is 7.73. The van der Waals surface area contributed by atoms with Crippen molar-refractivity contribution in [3.05, 3.63) is 27.1 Å². The van der Waals surface area contributed by atoms with Crippen molar-refractivity contribution in [2.75, 3.05) is 0 Å². The lowest BCUT2D eigenvalue weighted by Crippen LogP contribution is -2.37. The molecule has 2 heterocycles. The number of hydrogen-bond donors (Lipinski definition) is 1. The lowest BCUT2D eigenvalue weighted by Gasteiger charge is -2.27. The summed E-state index contributed by atoms with van der Waals surface area (Å²) in [6.07, 6.45) is 5.99. The molecule has 1 aliphatic carbocycles. The molecule has 1 aliphatic rings. The average Bonchev–Trinajstić information content (AvgIpc) is 2.81. The van der Waals surface area contributed by atoms with Crippen LogP contribution in [0.3, 0.4) is 0 Å². The molecule has 0 aromatic carbocycles. The van der Waals surface area contributed by atoms with E-state index in [1.54, 1.807) is 7.05 Å². The number of aromatic nitrogens is 2. The van der Waals surface area contributed by atoms with Crippen molar-refractivity contribution >= 4 is 27.5 Å². The van der Waals surface area contributed by atoms with Crippen LogP contribution in [0.25, 0.3) is 10.2 Å². The molecule has 0 bridgehead atoms. The van der Waals surface area contributed by atoms with Crippen LogP contribution in [0.4, 0.5) is 0 Å². The maximum atomic E-state index is 12.6. The fraction of sp³-hybridized carbons (Fsp3) is 0.562. The summed E-state index contributed by atoms with van der Waals surface area (Å²) in [5.74, 6) is 0.596. The second kappa shape index (κ2) is 5.83. The second-order valence-electron chi connectivity index (χ2n) is 6.34. The van der Waals surface area contributed by atoms with Crippen molar-refractivity contribution in [1.29, 1.82) is 0 Å². The van der Waals surface area contributed by atoms with Crippen molar-refractivity contribution < 1.29 is 4.79 Å². The quantitative estimate of drug-likeness (QED) is 0.925. The van der Waals surface area contributed by atoms with Gasteiger partial charge in [0.05, 0.1) is 16.6 Å². The molecule has 1 amide bonds. The van der Waals surface area contributed by atoms with E-state index in [0.717, 1.165) is 18.4 Å². The fourth-order valence-electron chi connectivity index (χ4n) is 3.24. The van der Waals surface area contributed by atoms with Crippen molar-refractivity contribution in [3.63, 3.8) is 0 Å². The fourth-order valence-corrected chi connectivity index (χ4v) is 4.28. The predicted octanol–water partition coefficient (Wildman–Crippen LogP) is 2.61. The Labute approximate surface area is 133 Å². The number of nitrogens with one attached hydrogen (secondary N) is 1. The molecule has 1 fully saturated rings. The van der Waals surface area contributed by atoms with Gasteiger partial charge in [0.15, 0.2) is 0 Å². The van der Waals surface area contributed by atoms with Crippen LogP contribution in [0.1, 0.15) is 47.8 Å². The standard InChI is InChI=1S/C16H21N3O2S/c1-9-5-4-6-11(7-9)18-14(20)13-10(2)12-15(22-13)17-8-19(3)16(12)21/h8-9,11H,4-7H2,1-3H3,(H,18,20). The third kappa shape index (κ3) is 2.67. The van der Waals surface area contributed by atoms with Gasteiger partial charge in [-0.25, -0.2) is 4.98 Å². The van der Waals surface area contributed by atoms with Gasteiger partial charge in [-0.15, -0.1) is 11.3 Å². The van der Waals surface area contributed by atoms with E-state index >= 15 is 0 Å². The lowest BCUT2D eigenvalue weighted by atomic mass is 9.87. The molecule has 0 radical (unpaired) electrons. The van der Waals surface area contributed by atoms with Gasteiger partial charge >= 0.3 is 0 Å². The highest BCUT2D eigenvalue weighted by atomic mass is 32.1. The topological polar surface area (TPSA) is 64.0 Å². The highest BCUT2D eigenvalue weighted by molar-refractivity contribution is 7.20. The van der Waals surface area contributed by atoms with Crippen molar-refractivity contribution in [2.45, 2.75) is 45.6 Å². The Morgan fingerprint density at radius 3 is 2.95 bits per heavy atom. The van der Waals surface area contributed by atoms with E-state index in [0.29, 0.717) is 21.0 Å². The van der Waals surface area contributed by atoms with Gasteiger partial charge in [0.2, 0.25) is 0 Å². The first kappa shape index (κ1) is 15.2. The normalized spacial score (nSPS) is 22.0. The van der Waals surface area contributed by atoms with Gasteiger partial charge in [0.1, 0.15) is 4.83 Å². The molecule has 0 aliphatic heterocycles. The van der Waals surface area contributed by atoms with Gasteiger partial charge in [0, 0.05) is 13.1 Å². The molecule has 1 N–H and O–H groups in total. The summed E-state index contributed by atoms with van der Waals surface area (Å²) in [6, 6.07) is 0.247. The van der Waals surface area contributed by atoms with Crippen LogP contribution in [0.5, 0.6) is 0 Å². The summed E-state index contributed by atoms with van der Waals surface area (Å²) >= 11 is 1.31. The minimum absolute atomic E-state index is 0.0679. The van der Waals surface area contributed by atoms with E-state index in [4.69, 9.17) is 0 Å². The first-order chi connectivity index (χ1) is 10.5. The molecule has 5 nitrogen and oxygen atoms in total. The molecule has 3 rings (SSSR count). The molecular formula is C16H21N3O2S. The summed E-state index contributed by atoms with van der Waals surface area (Å²) in [7, 11) is 1.68. The van der Waals surface area contributed by atoms with E-state index in [1.165, 1.54) is 35.1 Å². The van der Waals surface area contributed by atoms with E-state index in [1.807, 2.05) is 6.92 Å². The predicted molar refractivity (Wildman–Crippen MR) is 88.5 cm³/mol. The average molecular weight is 319 g/mol. The van der Waals surface area contributed by atoms with Crippen LogP contribution in [0.2, 0.25) is 0 Å². The lowest BCUT2D eigenvalue weighted by molar-refractivity contribution is 0.0925. The number of fused-ring (bicyclic) bond motifs is 1. The molecule has 22 heavy (non-hydrogen) atoms. The summed E-state index contributed by atoms with van der Waals surface area (Å²) in [5, 5.41) is 3.70. The maximum Gasteiger partial charge on any atom is 0.262 e. The van der Waals surface area contributed by atoms with Crippen molar-refractivity contribution in [2.24, 2.45) is 13.0 Å². The van der Waals surface area contributed by atoms with Crippen LogP contribution in [0.15, 0.2) is 11.1 Å². The smallest absolute Gasteiger partial charge is 0.262 e. The van der Waals surface area contributed by atoms with Crippen molar-refractivity contribution in [1.82, 2.24) is 14.9 Å². The number of carbonyl (C=O) groups excluding carboxylic acids is 1. The molecule has 2 aromatic heterocycles. The first-order valence-corrected chi connectivity index (χ1v) is 8.54. The summed E-state index contributed by atoms with van der Waals surface area (Å²) in [5.41, 5.74) is 0.652. The Kier molecular flexibility index (Phi) is 4.04. The number of nitrogens with zero attached hydrogens (tertiary/aromatic N) is 2. The molecule has 0 saturated heterocycles. The summed E-state index contributed by atoms with van der Waals surface area (Å²) in [4.78, 5) is 30.3. The number of thiophene rings is 1. The zero-order valence-corrected chi connectivity index (χ0v) is 14.0. The van der Waals surface area contributed by atoms with Crippen LogP contribution in [-0.4, -0.2) is 21.5 Å². The molecule has 0 spiro atoms. The van der Waals surface area contributed by atoms with Gasteiger partial charge in [0.25, 0.3) is 11.5 Å². The number of aryl methyl sites for hydroxylation is 2. The third-order valence-electron chi connectivity index (χ3n) is 4.49. The van der Waals surface area contributed by atoms with E-state index in [9.17, 15) is 9.59 Å². The second-order valence-corrected chi connectivity index (χ2v) is 7.34. The van der Waals surface area contributed by atoms with Crippen LogP contribution < -0.4 is 10.9 Å². The Bertz CT molecular complexity index is 778. The van der Waals surface area contributed by atoms with Crippen LogP contribution in [-0.2, 0) is 7.05 Å². The Morgan fingerprint density at radius 2 is 2.23 bits per heavy atom. The zero-order valence-electron chi connectivity index (χ0n) is 13.2. The number of hydrogen-bond acceptors (Lipinski definition) is 4. The van der Waals surface area contributed by atoms with Crippen molar-refractivity contribution in [3.8, 4) is 0 Å². The third-order valence-corrected chi connectivity index (χ3v) is 5.69. The summed E-state index contributed by atoms with van der Waals surface area (Å²) in [6.45, 7) is 4.07. The van der Waals surface area contributed by atoms with Gasteiger partial charge in [-0.2, -0.15) is 0 Å². The van der Waals surface area contributed by atoms with E-state index in [2.05, 4.69) is 17.2 Å². The highest BCUT2D eigenvalue weighted by Gasteiger charge is 2.24. The van der Waals surface area contributed by atoms with Crippen LogP contribution >= 0.6 is 11.3 Å². The number of rotatable bonds is 2. The molecular weight excluding hydrogens is 298 g/mol. The number of amides is 1. The Morgan fingerprint density at radius 1 is 1.45 bits per heavy atom. The molecule has 2 atom stereocenters. The molecule has 1 saturated carbocycles. The van der Waals surface area contributed by atoms with E-state index in [-0.39, 0.29) is 17.5 Å². The Balaban J connectivity index is 1.90. The Hall–Kier alpha value is -1.69. The van der Waals surface area contributed by atoms with Gasteiger partial charge in [-0.05, 0) is 31.2 Å². The largest absolute Gasteiger partial charge is 0.349 e. The monoisotopic (exact) mass is 319 g/mol. The minimum atomic E-state index is -0.0934. The number of carbonyl (C=O) groups is 1. The SMILES string of the molecule is Cc1c(C(=O)NC2CCCC(C)C2)sc2ncn(C)c(=O)c12. The minimum Gasteiger partial charge on any atom is -0.349 e. The highest BCUT2D eigenvalue weighted by Crippen LogP contribution is 2.28. The molecule has 6 heteroatoms. The molecule has 2 unspecified atom stereocenters. The summed E-state index contributed by atoms with van der Waals surface area (Å²) < 4.78 is 1.45. The van der Waals surface area contributed by atoms with E-state index < -0.39 is 0 Å². The van der Waals surface area contributed by atoms with Gasteiger partial charge in [-0.1, -0.05) is 19.8 Å². The van der Waals surface area contributed by atoms with Gasteiger partial charge < -0.3 is 9.88 Å². The zero-order chi connectivity index (χ0) is 15.9. The molecule has 2 aromatic rings. The molecule has 118 valence electrons. The van der Waals surface area contributed by atoms with Crippen LogP contribution in [0, 0.1) is 12.8 Å².